The van der Waals surface area contributed by atoms with Gasteiger partial charge in [0.05, 0.1) is 11.1 Å². The molecule has 0 radical (unpaired) electrons. The van der Waals surface area contributed by atoms with Gasteiger partial charge in [0.1, 0.15) is 10.9 Å². The van der Waals surface area contributed by atoms with Gasteiger partial charge >= 0.3 is 0 Å². The van der Waals surface area contributed by atoms with Gasteiger partial charge in [-0.1, -0.05) is 41.9 Å². The first-order chi connectivity index (χ1) is 11.1. The fraction of sp³-hybridized carbons (Fsp3) is 0.0526. The van der Waals surface area contributed by atoms with Crippen LogP contribution in [0.25, 0.3) is 17.0 Å². The normalized spacial score (nSPS) is 11.2. The largest absolute Gasteiger partial charge is 0.507 e. The molecule has 3 nitrogen and oxygen atoms in total. The molecule has 0 amide bonds. The highest BCUT2D eigenvalue weighted by Crippen LogP contribution is 2.24. The van der Waals surface area contributed by atoms with Crippen LogP contribution in [0.4, 0.5) is 0 Å². The predicted octanol–water partition coefficient (Wildman–Crippen LogP) is 4.80. The summed E-state index contributed by atoms with van der Waals surface area (Å²) in [6.07, 6.45) is 3.01. The third kappa shape index (κ3) is 3.10. The number of carbonyl (C=O) groups excluding carboxylic acids is 1. The second-order valence-electron chi connectivity index (χ2n) is 5.23. The second-order valence-corrected chi connectivity index (χ2v) is 5.59. The van der Waals surface area contributed by atoms with Gasteiger partial charge < -0.3 is 5.11 Å². The maximum absolute atomic E-state index is 12.2. The summed E-state index contributed by atoms with van der Waals surface area (Å²) in [6, 6.07) is 14.2. The number of phenols is 1. The molecule has 4 heteroatoms. The fourth-order valence-corrected chi connectivity index (χ4v) is 2.60. The summed E-state index contributed by atoms with van der Waals surface area (Å²) in [5, 5.41) is 11.0. The average molecular weight is 324 g/mol. The zero-order valence-corrected chi connectivity index (χ0v) is 13.2. The lowest BCUT2D eigenvalue weighted by Crippen LogP contribution is -1.94. The fourth-order valence-electron chi connectivity index (χ4n) is 2.39. The molecule has 2 aromatic carbocycles. The number of hydrogen-bond acceptors (Lipinski definition) is 3. The quantitative estimate of drug-likeness (QED) is 0.428. The lowest BCUT2D eigenvalue weighted by molar-refractivity contribution is 0.104. The van der Waals surface area contributed by atoms with Gasteiger partial charge in [-0.3, -0.25) is 4.79 Å². The van der Waals surface area contributed by atoms with Crippen molar-refractivity contribution in [2.24, 2.45) is 0 Å². The number of rotatable bonds is 3. The summed E-state index contributed by atoms with van der Waals surface area (Å²) in [5.41, 5.74) is 2.81. The highest BCUT2D eigenvalue weighted by molar-refractivity contribution is 6.31. The van der Waals surface area contributed by atoms with E-state index in [0.29, 0.717) is 10.7 Å². The number of fused-ring (bicyclic) bond motifs is 1. The summed E-state index contributed by atoms with van der Waals surface area (Å²) >= 11 is 6.21. The van der Waals surface area contributed by atoms with E-state index in [1.54, 1.807) is 24.3 Å². The molecule has 3 aromatic rings. The van der Waals surface area contributed by atoms with Gasteiger partial charge in [0.2, 0.25) is 0 Å². The molecule has 0 aliphatic heterocycles. The first-order valence-corrected chi connectivity index (χ1v) is 7.50. The maximum atomic E-state index is 12.2. The lowest BCUT2D eigenvalue weighted by atomic mass is 10.1. The number of aryl methyl sites for hydroxylation is 1. The van der Waals surface area contributed by atoms with E-state index in [2.05, 4.69) is 4.98 Å². The highest BCUT2D eigenvalue weighted by Gasteiger charge is 2.08. The van der Waals surface area contributed by atoms with Gasteiger partial charge in [-0.2, -0.15) is 0 Å². The second kappa shape index (κ2) is 6.23. The highest BCUT2D eigenvalue weighted by atomic mass is 35.5. The SMILES string of the molecule is Cc1cccc2cc(C=CC(=O)c3ccccc3O)c(Cl)nc12. The Labute approximate surface area is 138 Å². The van der Waals surface area contributed by atoms with E-state index in [4.69, 9.17) is 11.6 Å². The van der Waals surface area contributed by atoms with Gasteiger partial charge in [-0.05, 0) is 42.8 Å². The molecule has 0 atom stereocenters. The van der Waals surface area contributed by atoms with E-state index in [1.165, 1.54) is 12.1 Å². The number of pyridine rings is 1. The van der Waals surface area contributed by atoms with Crippen LogP contribution < -0.4 is 0 Å². The first kappa shape index (κ1) is 15.3. The van der Waals surface area contributed by atoms with Crippen molar-refractivity contribution in [2.75, 3.05) is 0 Å². The van der Waals surface area contributed by atoms with Crippen LogP contribution >= 0.6 is 11.6 Å². The molecule has 0 aliphatic rings. The van der Waals surface area contributed by atoms with E-state index < -0.39 is 0 Å². The molecule has 1 N–H and O–H groups in total. The molecule has 1 aromatic heterocycles. The molecule has 0 saturated carbocycles. The van der Waals surface area contributed by atoms with Crippen molar-refractivity contribution < 1.29 is 9.90 Å². The zero-order chi connectivity index (χ0) is 16.4. The van der Waals surface area contributed by atoms with Crippen molar-refractivity contribution in [1.29, 1.82) is 0 Å². The van der Waals surface area contributed by atoms with E-state index in [9.17, 15) is 9.90 Å². The minimum Gasteiger partial charge on any atom is -0.507 e. The topological polar surface area (TPSA) is 50.2 Å². The molecule has 0 fully saturated rings. The van der Waals surface area contributed by atoms with Gasteiger partial charge in [-0.25, -0.2) is 4.98 Å². The first-order valence-electron chi connectivity index (χ1n) is 7.12. The molecule has 0 unspecified atom stereocenters. The summed E-state index contributed by atoms with van der Waals surface area (Å²) in [7, 11) is 0. The Hall–Kier alpha value is -2.65. The van der Waals surface area contributed by atoms with Gasteiger partial charge in [-0.15, -0.1) is 0 Å². The van der Waals surface area contributed by atoms with Crippen LogP contribution in [-0.2, 0) is 0 Å². The van der Waals surface area contributed by atoms with Crippen molar-refractivity contribution in [3.8, 4) is 5.75 Å². The number of aromatic hydroxyl groups is 1. The number of allylic oxidation sites excluding steroid dienone is 1. The Morgan fingerprint density at radius 1 is 1.17 bits per heavy atom. The smallest absolute Gasteiger partial charge is 0.189 e. The molecule has 0 aliphatic carbocycles. The molecule has 0 bridgehead atoms. The number of hydrogen-bond donors (Lipinski definition) is 1. The molecular weight excluding hydrogens is 310 g/mol. The van der Waals surface area contributed by atoms with E-state index in [1.807, 2.05) is 31.2 Å². The van der Waals surface area contributed by atoms with Gasteiger partial charge in [0, 0.05) is 10.9 Å². The number of nitrogens with zero attached hydrogens (tertiary/aromatic N) is 1. The third-order valence-corrected chi connectivity index (χ3v) is 3.91. The standard InChI is InChI=1S/C19H14ClNO2/c1-12-5-4-6-13-11-14(19(20)21-18(12)13)9-10-17(23)15-7-2-3-8-16(15)22/h2-11,22H,1H3. The van der Waals surface area contributed by atoms with Crippen LogP contribution in [0, 0.1) is 6.92 Å². The van der Waals surface area contributed by atoms with Gasteiger partial charge in [0.15, 0.2) is 5.78 Å². The number of para-hydroxylation sites is 2. The van der Waals surface area contributed by atoms with Crippen LogP contribution in [0.1, 0.15) is 21.5 Å². The van der Waals surface area contributed by atoms with Crippen LogP contribution in [0.15, 0.2) is 54.6 Å². The van der Waals surface area contributed by atoms with Crippen molar-refractivity contribution >= 4 is 34.4 Å². The summed E-state index contributed by atoms with van der Waals surface area (Å²) in [5.74, 6) is -0.330. The summed E-state index contributed by atoms with van der Waals surface area (Å²) < 4.78 is 0. The van der Waals surface area contributed by atoms with Crippen LogP contribution in [0.3, 0.4) is 0 Å². The number of halogens is 1. The molecule has 1 heterocycles. The van der Waals surface area contributed by atoms with Crippen LogP contribution in [0.5, 0.6) is 5.75 Å². The van der Waals surface area contributed by atoms with Crippen molar-refractivity contribution in [3.63, 3.8) is 0 Å². The zero-order valence-electron chi connectivity index (χ0n) is 12.5. The third-order valence-electron chi connectivity index (χ3n) is 3.61. The minimum atomic E-state index is -0.288. The van der Waals surface area contributed by atoms with Crippen molar-refractivity contribution in [2.45, 2.75) is 6.92 Å². The monoisotopic (exact) mass is 323 g/mol. The number of carbonyl (C=O) groups is 1. The average Bonchev–Trinajstić information content (AvgIpc) is 2.54. The van der Waals surface area contributed by atoms with E-state index >= 15 is 0 Å². The number of ketones is 1. The van der Waals surface area contributed by atoms with Crippen molar-refractivity contribution in [3.05, 3.63) is 76.5 Å². The number of aromatic nitrogens is 1. The molecular formula is C19H14ClNO2. The minimum absolute atomic E-state index is 0.0412. The van der Waals surface area contributed by atoms with Crippen LogP contribution in [-0.4, -0.2) is 15.9 Å². The number of phenolic OH excluding ortho intramolecular Hbond substituents is 1. The Morgan fingerprint density at radius 2 is 1.96 bits per heavy atom. The maximum Gasteiger partial charge on any atom is 0.189 e. The van der Waals surface area contributed by atoms with E-state index in [-0.39, 0.29) is 17.1 Å². The molecule has 23 heavy (non-hydrogen) atoms. The Morgan fingerprint density at radius 3 is 2.74 bits per heavy atom. The molecule has 0 spiro atoms. The summed E-state index contributed by atoms with van der Waals surface area (Å²) in [6.45, 7) is 1.98. The molecule has 3 rings (SSSR count). The van der Waals surface area contributed by atoms with Crippen molar-refractivity contribution in [1.82, 2.24) is 4.98 Å². The molecule has 114 valence electrons. The van der Waals surface area contributed by atoms with Crippen LogP contribution in [0.2, 0.25) is 5.15 Å². The Kier molecular flexibility index (Phi) is 4.13. The summed E-state index contributed by atoms with van der Waals surface area (Å²) in [4.78, 5) is 16.6. The molecule has 0 saturated heterocycles. The predicted molar refractivity (Wildman–Crippen MR) is 93.0 cm³/mol. The van der Waals surface area contributed by atoms with Gasteiger partial charge in [0.25, 0.3) is 0 Å². The Bertz CT molecular complexity index is 932. The Balaban J connectivity index is 1.97. The number of benzene rings is 2. The van der Waals surface area contributed by atoms with E-state index in [0.717, 1.165) is 16.5 Å². The lowest BCUT2D eigenvalue weighted by Gasteiger charge is -2.05.